The highest BCUT2D eigenvalue weighted by Gasteiger charge is 2.21. The molecule has 1 aromatic carbocycles. The molecule has 1 amide bonds. The largest absolute Gasteiger partial charge is 0.491 e. The van der Waals surface area contributed by atoms with Gasteiger partial charge in [-0.3, -0.25) is 9.59 Å². The number of amides is 1. The number of nitrogens with one attached hydrogen (secondary N) is 1. The first-order valence-corrected chi connectivity index (χ1v) is 13.4. The Bertz CT molecular complexity index is 1230. The highest BCUT2D eigenvalue weighted by Crippen LogP contribution is 2.29. The van der Waals surface area contributed by atoms with Crippen molar-refractivity contribution in [1.29, 1.82) is 0 Å². The van der Waals surface area contributed by atoms with Crippen LogP contribution in [0.25, 0.3) is 0 Å². The maximum Gasteiger partial charge on any atom is 0.267 e. The number of ketones is 1. The van der Waals surface area contributed by atoms with Gasteiger partial charge in [0.25, 0.3) is 10.0 Å². The van der Waals surface area contributed by atoms with Crippen LogP contribution < -0.4 is 20.0 Å². The number of Topliss-reactive ketones (excluding diaryl/α,β-unsaturated/α-hetero) is 1. The molecule has 0 bridgehead atoms. The molecule has 2 aromatic rings. The van der Waals surface area contributed by atoms with E-state index in [1.54, 1.807) is 0 Å². The van der Waals surface area contributed by atoms with Crippen LogP contribution >= 0.6 is 11.3 Å². The van der Waals surface area contributed by atoms with Gasteiger partial charge in [0.2, 0.25) is 15.0 Å². The number of carbonyl (C=O) groups excluding carboxylic acids is 2. The quantitative estimate of drug-likeness (QED) is 0.498. The summed E-state index contributed by atoms with van der Waals surface area (Å²) in [4.78, 5) is 26.3. The SMILES string of the molecule is CC(=O)/N=c1\sc(S(N)(=O)=O)nn1C.CC(C)(C)NC[C@H](O)COc1cccc2c1CCCC2=O. The Balaban J connectivity index is 0.000000269. The zero-order chi connectivity index (χ0) is 26.4. The van der Waals surface area contributed by atoms with Crippen molar-refractivity contribution in [3.05, 3.63) is 34.1 Å². The van der Waals surface area contributed by atoms with Crippen molar-refractivity contribution in [2.24, 2.45) is 17.2 Å². The van der Waals surface area contributed by atoms with Crippen molar-refractivity contribution in [1.82, 2.24) is 15.1 Å². The first kappa shape index (κ1) is 28.8. The molecular weight excluding hydrogens is 494 g/mol. The molecule has 4 N–H and O–H groups in total. The number of sulfonamides is 1. The number of hydrogen-bond donors (Lipinski definition) is 3. The third-order valence-electron chi connectivity index (χ3n) is 4.75. The maximum absolute atomic E-state index is 11.9. The number of aliphatic hydroxyl groups excluding tert-OH is 1. The van der Waals surface area contributed by atoms with E-state index in [0.717, 1.165) is 41.1 Å². The minimum Gasteiger partial charge on any atom is -0.491 e. The molecule has 13 heteroatoms. The number of benzene rings is 1. The average molecular weight is 528 g/mol. The lowest BCUT2D eigenvalue weighted by molar-refractivity contribution is -0.116. The van der Waals surface area contributed by atoms with E-state index in [2.05, 4.69) is 36.2 Å². The third kappa shape index (κ3) is 9.26. The molecule has 0 saturated heterocycles. The molecular formula is C22H33N5O6S2. The van der Waals surface area contributed by atoms with Crippen molar-refractivity contribution in [3.63, 3.8) is 0 Å². The predicted molar refractivity (Wildman–Crippen MR) is 132 cm³/mol. The number of primary sulfonamides is 1. The van der Waals surface area contributed by atoms with Gasteiger partial charge in [-0.1, -0.05) is 23.5 Å². The fraction of sp³-hybridized carbons (Fsp3) is 0.545. The lowest BCUT2D eigenvalue weighted by Crippen LogP contribution is -2.42. The van der Waals surface area contributed by atoms with Crippen molar-refractivity contribution in [3.8, 4) is 5.75 Å². The fourth-order valence-corrected chi connectivity index (χ4v) is 4.72. The van der Waals surface area contributed by atoms with Crippen LogP contribution in [0.1, 0.15) is 56.5 Å². The van der Waals surface area contributed by atoms with Gasteiger partial charge in [-0.05, 0) is 39.7 Å². The van der Waals surface area contributed by atoms with Gasteiger partial charge >= 0.3 is 0 Å². The second-order valence-electron chi connectivity index (χ2n) is 9.10. The summed E-state index contributed by atoms with van der Waals surface area (Å²) in [6, 6.07) is 5.58. The molecule has 1 aliphatic carbocycles. The van der Waals surface area contributed by atoms with Crippen LogP contribution in [-0.2, 0) is 28.3 Å². The van der Waals surface area contributed by atoms with E-state index in [0.29, 0.717) is 13.0 Å². The van der Waals surface area contributed by atoms with Gasteiger partial charge in [-0.25, -0.2) is 18.2 Å². The lowest BCUT2D eigenvalue weighted by Gasteiger charge is -2.24. The molecule has 0 spiro atoms. The molecule has 1 aromatic heterocycles. The number of β-amino-alcohol motifs (C(OH)–C–C–N with tert-alkyl or cyclic N) is 1. The zero-order valence-corrected chi connectivity index (χ0v) is 22.2. The molecule has 11 nitrogen and oxygen atoms in total. The third-order valence-corrected chi connectivity index (χ3v) is 7.06. The number of nitrogens with two attached hydrogens (primary N) is 1. The second-order valence-corrected chi connectivity index (χ2v) is 11.8. The molecule has 3 rings (SSSR count). The molecule has 194 valence electrons. The van der Waals surface area contributed by atoms with Gasteiger partial charge in [0.1, 0.15) is 18.5 Å². The number of aliphatic hydroxyl groups is 1. The Morgan fingerprint density at radius 3 is 2.63 bits per heavy atom. The highest BCUT2D eigenvalue weighted by atomic mass is 32.2. The Hall–Kier alpha value is -2.45. The first-order valence-electron chi connectivity index (χ1n) is 11.0. The molecule has 0 aliphatic heterocycles. The average Bonchev–Trinajstić information content (AvgIpc) is 3.11. The smallest absolute Gasteiger partial charge is 0.267 e. The molecule has 0 saturated carbocycles. The maximum atomic E-state index is 11.9. The van der Waals surface area contributed by atoms with Crippen LogP contribution in [-0.4, -0.2) is 59.8 Å². The van der Waals surface area contributed by atoms with Crippen molar-refractivity contribution in [2.45, 2.75) is 62.9 Å². The van der Waals surface area contributed by atoms with Crippen molar-refractivity contribution >= 4 is 33.1 Å². The summed E-state index contributed by atoms with van der Waals surface area (Å²) >= 11 is 0.746. The number of carbonyl (C=O) groups is 2. The van der Waals surface area contributed by atoms with E-state index >= 15 is 0 Å². The van der Waals surface area contributed by atoms with Crippen LogP contribution in [0.15, 0.2) is 27.5 Å². The second kappa shape index (κ2) is 12.0. The Morgan fingerprint density at radius 1 is 1.37 bits per heavy atom. The summed E-state index contributed by atoms with van der Waals surface area (Å²) in [5.74, 6) is 0.497. The topological polar surface area (TPSA) is 166 Å². The van der Waals surface area contributed by atoms with Gasteiger partial charge < -0.3 is 15.2 Å². The number of nitrogens with zero attached hydrogens (tertiary/aromatic N) is 3. The molecule has 1 atom stereocenters. The zero-order valence-electron chi connectivity index (χ0n) is 20.6. The molecule has 0 unspecified atom stereocenters. The van der Waals surface area contributed by atoms with E-state index in [4.69, 9.17) is 9.88 Å². The molecule has 1 aliphatic rings. The van der Waals surface area contributed by atoms with Crippen LogP contribution in [0.2, 0.25) is 0 Å². The number of aryl methyl sites for hydroxylation is 1. The van der Waals surface area contributed by atoms with Gasteiger partial charge in [0, 0.05) is 43.6 Å². The summed E-state index contributed by atoms with van der Waals surface area (Å²) in [5, 5.41) is 21.7. The minimum absolute atomic E-state index is 0.0285. The van der Waals surface area contributed by atoms with E-state index in [9.17, 15) is 23.1 Å². The molecule has 0 radical (unpaired) electrons. The Morgan fingerprint density at radius 2 is 2.06 bits per heavy atom. The van der Waals surface area contributed by atoms with E-state index in [-0.39, 0.29) is 27.1 Å². The van der Waals surface area contributed by atoms with Gasteiger partial charge in [0.15, 0.2) is 5.78 Å². The Labute approximate surface area is 209 Å². The summed E-state index contributed by atoms with van der Waals surface area (Å²) in [5.41, 5.74) is 1.74. The van der Waals surface area contributed by atoms with Crippen LogP contribution in [0.5, 0.6) is 5.75 Å². The summed E-state index contributed by atoms with van der Waals surface area (Å²) in [6.07, 6.45) is 1.79. The number of hydrogen-bond acceptors (Lipinski definition) is 9. The van der Waals surface area contributed by atoms with E-state index < -0.39 is 22.0 Å². The number of rotatable bonds is 6. The molecule has 1 heterocycles. The number of ether oxygens (including phenoxy) is 1. The fourth-order valence-electron chi connectivity index (χ4n) is 3.12. The Kier molecular flexibility index (Phi) is 9.86. The van der Waals surface area contributed by atoms with Crippen LogP contribution in [0.4, 0.5) is 0 Å². The minimum atomic E-state index is -3.83. The van der Waals surface area contributed by atoms with Crippen molar-refractivity contribution in [2.75, 3.05) is 13.2 Å². The number of fused-ring (bicyclic) bond motifs is 1. The number of aromatic nitrogens is 2. The highest BCUT2D eigenvalue weighted by molar-refractivity contribution is 7.91. The van der Waals surface area contributed by atoms with Crippen molar-refractivity contribution < 1.29 is 27.9 Å². The van der Waals surface area contributed by atoms with Gasteiger partial charge in [-0.2, -0.15) is 4.99 Å². The summed E-state index contributed by atoms with van der Waals surface area (Å²) in [6.45, 7) is 8.14. The molecule has 0 fully saturated rings. The van der Waals surface area contributed by atoms with E-state index in [1.165, 1.54) is 18.7 Å². The van der Waals surface area contributed by atoms with E-state index in [1.807, 2.05) is 18.2 Å². The lowest BCUT2D eigenvalue weighted by atomic mass is 9.90. The monoisotopic (exact) mass is 527 g/mol. The van der Waals surface area contributed by atoms with Gasteiger partial charge in [0.05, 0.1) is 0 Å². The van der Waals surface area contributed by atoms with Crippen LogP contribution in [0.3, 0.4) is 0 Å². The summed E-state index contributed by atoms with van der Waals surface area (Å²) in [7, 11) is -2.35. The molecule has 35 heavy (non-hydrogen) atoms. The summed E-state index contributed by atoms with van der Waals surface area (Å²) < 4.78 is 28.4. The van der Waals surface area contributed by atoms with Crippen LogP contribution in [0, 0.1) is 0 Å². The van der Waals surface area contributed by atoms with Gasteiger partial charge in [-0.15, -0.1) is 5.10 Å². The first-order chi connectivity index (χ1) is 16.2. The predicted octanol–water partition coefficient (Wildman–Crippen LogP) is 0.910. The normalized spacial score (nSPS) is 15.2. The standard InChI is InChI=1S/C17H25NO3.C5H8N4O3S2/c1-17(2,3)18-10-12(19)11-21-16-9-5-6-13-14(16)7-4-8-15(13)20;1-3(10)7-4-9(2)8-5(13-4)14(6,11)12/h5-6,9,12,18-19H,4,7-8,10-11H2,1-3H3;1-2H3,(H2,6,11,12)/b;7-4-/t12-;/m0./s1.